The third-order valence-corrected chi connectivity index (χ3v) is 4.60. The second-order valence-corrected chi connectivity index (χ2v) is 6.42. The maximum atomic E-state index is 12.3. The van der Waals surface area contributed by atoms with E-state index in [0.717, 1.165) is 43.1 Å². The summed E-state index contributed by atoms with van der Waals surface area (Å²) in [5.74, 6) is 1.58. The zero-order chi connectivity index (χ0) is 17.8. The fourth-order valence-corrected chi connectivity index (χ4v) is 3.27. The molecule has 6 nitrogen and oxygen atoms in total. The minimum Gasteiger partial charge on any atom is -0.497 e. The van der Waals surface area contributed by atoms with Crippen molar-refractivity contribution in [1.29, 1.82) is 0 Å². The lowest BCUT2D eigenvalue weighted by Gasteiger charge is -2.18. The Hall–Kier alpha value is -2.47. The number of aryl methyl sites for hydroxylation is 1. The Kier molecular flexibility index (Phi) is 5.28. The Morgan fingerprint density at radius 3 is 2.56 bits per heavy atom. The Bertz CT molecular complexity index is 719. The molecule has 0 saturated carbocycles. The molecule has 1 aromatic heterocycles. The molecule has 0 bridgehead atoms. The number of likely N-dealkylation sites (tertiary alicyclic amines) is 1. The van der Waals surface area contributed by atoms with Crippen LogP contribution in [0.4, 0.5) is 0 Å². The number of nitrogens with one attached hydrogen (secondary N) is 1. The van der Waals surface area contributed by atoms with E-state index < -0.39 is 0 Å². The van der Waals surface area contributed by atoms with Crippen LogP contribution < -0.4 is 14.8 Å². The van der Waals surface area contributed by atoms with E-state index in [1.54, 1.807) is 14.2 Å². The van der Waals surface area contributed by atoms with Crippen LogP contribution in [0.25, 0.3) is 0 Å². The minimum atomic E-state index is -0.0117. The summed E-state index contributed by atoms with van der Waals surface area (Å²) in [5, 5.41) is 3.13. The van der Waals surface area contributed by atoms with Gasteiger partial charge < -0.3 is 19.4 Å². The molecule has 1 unspecified atom stereocenters. The van der Waals surface area contributed by atoms with E-state index in [1.165, 1.54) is 0 Å². The van der Waals surface area contributed by atoms with E-state index in [1.807, 2.05) is 48.1 Å². The second kappa shape index (κ2) is 7.61. The van der Waals surface area contributed by atoms with Gasteiger partial charge in [-0.1, -0.05) is 0 Å². The molecule has 1 fully saturated rings. The first kappa shape index (κ1) is 17.4. The number of ether oxygens (including phenoxy) is 2. The zero-order valence-electron chi connectivity index (χ0n) is 15.0. The predicted molar refractivity (Wildman–Crippen MR) is 96.1 cm³/mol. The lowest BCUT2D eigenvalue weighted by Crippen LogP contribution is -2.37. The van der Waals surface area contributed by atoms with E-state index >= 15 is 0 Å². The van der Waals surface area contributed by atoms with Gasteiger partial charge in [0, 0.05) is 45.0 Å². The first-order valence-corrected chi connectivity index (χ1v) is 8.45. The summed E-state index contributed by atoms with van der Waals surface area (Å²) in [6, 6.07) is 9.82. The van der Waals surface area contributed by atoms with Crippen LogP contribution in [0, 0.1) is 0 Å². The molecule has 1 saturated heterocycles. The molecular formula is C19H25N3O3. The van der Waals surface area contributed by atoms with E-state index in [2.05, 4.69) is 10.2 Å². The molecule has 1 aromatic carbocycles. The van der Waals surface area contributed by atoms with Crippen LogP contribution in [-0.2, 0) is 13.6 Å². The Morgan fingerprint density at radius 2 is 1.96 bits per heavy atom. The molecule has 2 heterocycles. The van der Waals surface area contributed by atoms with Gasteiger partial charge in [0.25, 0.3) is 5.91 Å². The SMILES string of the molecule is COc1cc(CN2CCC(NC(=O)c3cccn3C)C2)cc(OC)c1. The van der Waals surface area contributed by atoms with Crippen molar-refractivity contribution < 1.29 is 14.3 Å². The van der Waals surface area contributed by atoms with Crippen molar-refractivity contribution >= 4 is 5.91 Å². The highest BCUT2D eigenvalue weighted by atomic mass is 16.5. The van der Waals surface area contributed by atoms with Crippen molar-refractivity contribution in [3.8, 4) is 11.5 Å². The number of amides is 1. The summed E-state index contributed by atoms with van der Waals surface area (Å²) < 4.78 is 12.5. The van der Waals surface area contributed by atoms with Crippen LogP contribution in [-0.4, -0.2) is 48.7 Å². The summed E-state index contributed by atoms with van der Waals surface area (Å²) in [5.41, 5.74) is 1.83. The first-order chi connectivity index (χ1) is 12.1. The van der Waals surface area contributed by atoms with Crippen molar-refractivity contribution in [3.63, 3.8) is 0 Å². The summed E-state index contributed by atoms with van der Waals surface area (Å²) in [6.07, 6.45) is 2.84. The van der Waals surface area contributed by atoms with Crippen LogP contribution >= 0.6 is 0 Å². The van der Waals surface area contributed by atoms with E-state index in [-0.39, 0.29) is 11.9 Å². The summed E-state index contributed by atoms with van der Waals surface area (Å²) in [6.45, 7) is 2.61. The van der Waals surface area contributed by atoms with Crippen molar-refractivity contribution in [2.24, 2.45) is 7.05 Å². The lowest BCUT2D eigenvalue weighted by molar-refractivity contribution is 0.0929. The van der Waals surface area contributed by atoms with E-state index in [0.29, 0.717) is 5.69 Å². The maximum absolute atomic E-state index is 12.3. The van der Waals surface area contributed by atoms with Gasteiger partial charge in [-0.3, -0.25) is 9.69 Å². The highest BCUT2D eigenvalue weighted by molar-refractivity contribution is 5.92. The number of nitrogens with zero attached hydrogens (tertiary/aromatic N) is 2. The van der Waals surface area contributed by atoms with Gasteiger partial charge in [-0.15, -0.1) is 0 Å². The average molecular weight is 343 g/mol. The van der Waals surface area contributed by atoms with Crippen molar-refractivity contribution in [3.05, 3.63) is 47.8 Å². The van der Waals surface area contributed by atoms with Gasteiger partial charge in [-0.25, -0.2) is 0 Å². The number of methoxy groups -OCH3 is 2. The quantitative estimate of drug-likeness (QED) is 0.872. The molecule has 1 aliphatic heterocycles. The summed E-state index contributed by atoms with van der Waals surface area (Å²) in [4.78, 5) is 14.7. The number of rotatable bonds is 6. The topological polar surface area (TPSA) is 55.7 Å². The molecule has 134 valence electrons. The molecule has 3 rings (SSSR count). The second-order valence-electron chi connectivity index (χ2n) is 6.42. The smallest absolute Gasteiger partial charge is 0.268 e. The van der Waals surface area contributed by atoms with Crippen LogP contribution in [0.2, 0.25) is 0 Å². The molecule has 2 aromatic rings. The van der Waals surface area contributed by atoms with Crippen LogP contribution in [0.5, 0.6) is 11.5 Å². The Balaban J connectivity index is 1.58. The van der Waals surface area contributed by atoms with Gasteiger partial charge in [-0.2, -0.15) is 0 Å². The molecule has 0 spiro atoms. The van der Waals surface area contributed by atoms with Crippen molar-refractivity contribution in [2.75, 3.05) is 27.3 Å². The molecule has 0 aliphatic carbocycles. The van der Waals surface area contributed by atoms with Crippen molar-refractivity contribution in [2.45, 2.75) is 19.0 Å². The Labute approximate surface area is 148 Å². The van der Waals surface area contributed by atoms with Crippen LogP contribution in [0.3, 0.4) is 0 Å². The van der Waals surface area contributed by atoms with Gasteiger partial charge in [0.15, 0.2) is 0 Å². The first-order valence-electron chi connectivity index (χ1n) is 8.45. The molecule has 1 atom stereocenters. The number of carbonyl (C=O) groups excluding carboxylic acids is 1. The fourth-order valence-electron chi connectivity index (χ4n) is 3.27. The lowest BCUT2D eigenvalue weighted by atomic mass is 10.2. The van der Waals surface area contributed by atoms with Crippen molar-refractivity contribution in [1.82, 2.24) is 14.8 Å². The van der Waals surface area contributed by atoms with Gasteiger partial charge in [0.05, 0.1) is 14.2 Å². The predicted octanol–water partition coefficient (Wildman–Crippen LogP) is 2.05. The van der Waals surface area contributed by atoms with Gasteiger partial charge >= 0.3 is 0 Å². The highest BCUT2D eigenvalue weighted by Crippen LogP contribution is 2.24. The number of benzene rings is 1. The molecule has 0 radical (unpaired) electrons. The third kappa shape index (κ3) is 4.14. The monoisotopic (exact) mass is 343 g/mol. The molecule has 1 amide bonds. The van der Waals surface area contributed by atoms with Gasteiger partial charge in [-0.05, 0) is 36.2 Å². The maximum Gasteiger partial charge on any atom is 0.268 e. The molecule has 1 aliphatic rings. The van der Waals surface area contributed by atoms with Gasteiger partial charge in [0.2, 0.25) is 0 Å². The highest BCUT2D eigenvalue weighted by Gasteiger charge is 2.25. The standard InChI is InChI=1S/C19H25N3O3/c1-21-7-4-5-18(21)19(23)20-15-6-8-22(13-15)12-14-9-16(24-2)11-17(10-14)25-3/h4-5,7,9-11,15H,6,8,12-13H2,1-3H3,(H,20,23). The molecule has 6 heteroatoms. The number of carbonyl (C=O) groups is 1. The number of hydrogen-bond acceptors (Lipinski definition) is 4. The van der Waals surface area contributed by atoms with E-state index in [9.17, 15) is 4.79 Å². The van der Waals surface area contributed by atoms with Gasteiger partial charge in [0.1, 0.15) is 17.2 Å². The largest absolute Gasteiger partial charge is 0.497 e. The summed E-state index contributed by atoms with van der Waals surface area (Å²) >= 11 is 0. The fraction of sp³-hybridized carbons (Fsp3) is 0.421. The molecular weight excluding hydrogens is 318 g/mol. The van der Waals surface area contributed by atoms with Crippen LogP contribution in [0.15, 0.2) is 36.5 Å². The molecule has 1 N–H and O–H groups in total. The number of aromatic nitrogens is 1. The van der Waals surface area contributed by atoms with Crippen LogP contribution in [0.1, 0.15) is 22.5 Å². The summed E-state index contributed by atoms with van der Waals surface area (Å²) in [7, 11) is 5.19. The Morgan fingerprint density at radius 1 is 1.24 bits per heavy atom. The third-order valence-electron chi connectivity index (χ3n) is 4.60. The van der Waals surface area contributed by atoms with E-state index in [4.69, 9.17) is 9.47 Å². The normalized spacial score (nSPS) is 17.5. The minimum absolute atomic E-state index is 0.0117. The zero-order valence-corrected chi connectivity index (χ0v) is 15.0. The number of hydrogen-bond donors (Lipinski definition) is 1. The average Bonchev–Trinajstić information content (AvgIpc) is 3.23. The molecule has 25 heavy (non-hydrogen) atoms.